The second kappa shape index (κ2) is 9.77. The van der Waals surface area contributed by atoms with Crippen LogP contribution in [0.25, 0.3) is 11.1 Å². The highest BCUT2D eigenvalue weighted by atomic mass is 32.2. The second-order valence-electron chi connectivity index (χ2n) is 8.05. The third-order valence-corrected chi connectivity index (χ3v) is 6.42. The molecule has 0 saturated carbocycles. The maximum atomic E-state index is 14.3. The maximum Gasteiger partial charge on any atom is 0.213 e. The molecule has 0 saturated heterocycles. The van der Waals surface area contributed by atoms with Gasteiger partial charge in [0.25, 0.3) is 0 Å². The third-order valence-electron chi connectivity index (χ3n) is 5.31. The van der Waals surface area contributed by atoms with Crippen LogP contribution >= 0.6 is 0 Å². The van der Waals surface area contributed by atoms with Gasteiger partial charge in [-0.2, -0.15) is 0 Å². The Kier molecular flexibility index (Phi) is 7.29. The van der Waals surface area contributed by atoms with Crippen LogP contribution in [0.4, 0.5) is 8.78 Å². The lowest BCUT2D eigenvalue weighted by Gasteiger charge is -2.17. The van der Waals surface area contributed by atoms with Crippen molar-refractivity contribution < 1.29 is 21.9 Å². The van der Waals surface area contributed by atoms with Gasteiger partial charge >= 0.3 is 0 Å². The van der Waals surface area contributed by atoms with Crippen molar-refractivity contribution in [2.45, 2.75) is 44.4 Å². The number of rotatable bonds is 8. The quantitative estimate of drug-likeness (QED) is 0.431. The molecule has 0 fully saturated rings. The number of benzene rings is 2. The number of ether oxygens (including phenoxy) is 1. The first-order valence-electron chi connectivity index (χ1n) is 10.5. The zero-order valence-electron chi connectivity index (χ0n) is 18.7. The van der Waals surface area contributed by atoms with Crippen molar-refractivity contribution in [3.05, 3.63) is 77.0 Å². The molecule has 0 amide bonds. The van der Waals surface area contributed by atoms with Crippen molar-refractivity contribution in [1.29, 1.82) is 0 Å². The first kappa shape index (κ1) is 23.9. The summed E-state index contributed by atoms with van der Waals surface area (Å²) in [6.45, 7) is 6.37. The Morgan fingerprint density at radius 3 is 2.47 bits per heavy atom. The molecule has 0 aliphatic heterocycles. The average molecular weight is 460 g/mol. The highest BCUT2D eigenvalue weighted by Crippen LogP contribution is 2.33. The van der Waals surface area contributed by atoms with E-state index in [1.165, 1.54) is 18.2 Å². The van der Waals surface area contributed by atoms with Crippen molar-refractivity contribution in [3.63, 3.8) is 0 Å². The van der Waals surface area contributed by atoms with Crippen LogP contribution in [0.5, 0.6) is 5.88 Å². The maximum absolute atomic E-state index is 14.3. The second-order valence-corrected chi connectivity index (χ2v) is 10.0. The van der Waals surface area contributed by atoms with Gasteiger partial charge in [-0.05, 0) is 70.5 Å². The molecular weight excluding hydrogens is 432 g/mol. The molecule has 0 unspecified atom stereocenters. The number of sulfone groups is 1. The highest BCUT2D eigenvalue weighted by molar-refractivity contribution is 7.90. The number of hydrogen-bond acceptors (Lipinski definition) is 4. The third kappa shape index (κ3) is 5.51. The number of pyridine rings is 1. The SMILES string of the molecule is CCc1c(-c2ccnc(OCCc3ccc(F)c(S(C)(=O)=O)c3)c2)cc(F)cc1C(C)C. The molecule has 0 aliphatic rings. The van der Waals surface area contributed by atoms with Crippen LogP contribution in [-0.4, -0.2) is 26.3 Å². The van der Waals surface area contributed by atoms with Crippen LogP contribution in [0.1, 0.15) is 43.4 Å². The van der Waals surface area contributed by atoms with Gasteiger partial charge in [0.2, 0.25) is 5.88 Å². The summed E-state index contributed by atoms with van der Waals surface area (Å²) >= 11 is 0. The number of hydrogen-bond donors (Lipinski definition) is 0. The smallest absolute Gasteiger partial charge is 0.213 e. The lowest BCUT2D eigenvalue weighted by molar-refractivity contribution is 0.309. The van der Waals surface area contributed by atoms with E-state index >= 15 is 0 Å². The minimum absolute atomic E-state index is 0.199. The van der Waals surface area contributed by atoms with E-state index < -0.39 is 15.7 Å². The van der Waals surface area contributed by atoms with E-state index in [2.05, 4.69) is 11.9 Å². The van der Waals surface area contributed by atoms with Gasteiger partial charge in [-0.3, -0.25) is 0 Å². The van der Waals surface area contributed by atoms with Crippen LogP contribution in [0.15, 0.2) is 53.6 Å². The summed E-state index contributed by atoms with van der Waals surface area (Å²) in [5.74, 6) is -0.470. The van der Waals surface area contributed by atoms with Crippen molar-refractivity contribution in [1.82, 2.24) is 4.98 Å². The van der Waals surface area contributed by atoms with Gasteiger partial charge in [0.15, 0.2) is 9.84 Å². The molecule has 0 aliphatic carbocycles. The molecule has 0 atom stereocenters. The Morgan fingerprint density at radius 1 is 1.06 bits per heavy atom. The van der Waals surface area contributed by atoms with E-state index in [-0.39, 0.29) is 23.2 Å². The van der Waals surface area contributed by atoms with Crippen molar-refractivity contribution >= 4 is 9.84 Å². The van der Waals surface area contributed by atoms with E-state index in [4.69, 9.17) is 4.74 Å². The number of aromatic nitrogens is 1. The monoisotopic (exact) mass is 459 g/mol. The largest absolute Gasteiger partial charge is 0.477 e. The molecule has 0 bridgehead atoms. The molecule has 7 heteroatoms. The predicted octanol–water partition coefficient (Wildman–Crippen LogP) is 5.74. The molecule has 1 aromatic heterocycles. The normalized spacial score (nSPS) is 11.7. The van der Waals surface area contributed by atoms with Gasteiger partial charge in [-0.1, -0.05) is 26.8 Å². The van der Waals surface area contributed by atoms with Crippen molar-refractivity contribution in [3.8, 4) is 17.0 Å². The van der Waals surface area contributed by atoms with E-state index in [9.17, 15) is 17.2 Å². The number of nitrogens with zero attached hydrogens (tertiary/aromatic N) is 1. The van der Waals surface area contributed by atoms with E-state index in [1.807, 2.05) is 19.9 Å². The van der Waals surface area contributed by atoms with E-state index in [0.717, 1.165) is 41.0 Å². The van der Waals surface area contributed by atoms with Gasteiger partial charge < -0.3 is 4.74 Å². The van der Waals surface area contributed by atoms with Crippen molar-refractivity contribution in [2.24, 2.45) is 0 Å². The zero-order valence-corrected chi connectivity index (χ0v) is 19.5. The lowest BCUT2D eigenvalue weighted by atomic mass is 9.89. The predicted molar refractivity (Wildman–Crippen MR) is 122 cm³/mol. The van der Waals surface area contributed by atoms with E-state index in [1.54, 1.807) is 18.3 Å². The van der Waals surface area contributed by atoms with Gasteiger partial charge in [0.1, 0.15) is 16.5 Å². The molecule has 0 radical (unpaired) electrons. The van der Waals surface area contributed by atoms with Crippen molar-refractivity contribution in [2.75, 3.05) is 12.9 Å². The minimum Gasteiger partial charge on any atom is -0.477 e. The van der Waals surface area contributed by atoms with Crippen LogP contribution in [0, 0.1) is 11.6 Å². The van der Waals surface area contributed by atoms with Gasteiger partial charge in [-0.15, -0.1) is 0 Å². The molecule has 3 aromatic rings. The van der Waals surface area contributed by atoms with Crippen LogP contribution in [-0.2, 0) is 22.7 Å². The van der Waals surface area contributed by atoms with Gasteiger partial charge in [0.05, 0.1) is 6.61 Å². The highest BCUT2D eigenvalue weighted by Gasteiger charge is 2.16. The molecule has 170 valence electrons. The molecule has 0 spiro atoms. The Balaban J connectivity index is 1.80. The van der Waals surface area contributed by atoms with Crippen LogP contribution < -0.4 is 4.74 Å². The minimum atomic E-state index is -3.65. The zero-order chi connectivity index (χ0) is 23.5. The molecule has 0 N–H and O–H groups in total. The molecule has 32 heavy (non-hydrogen) atoms. The summed E-state index contributed by atoms with van der Waals surface area (Å²) in [6, 6.07) is 10.7. The summed E-state index contributed by atoms with van der Waals surface area (Å²) in [6.07, 6.45) is 3.74. The van der Waals surface area contributed by atoms with Crippen LogP contribution in [0.2, 0.25) is 0 Å². The Hall–Kier alpha value is -2.80. The Bertz CT molecular complexity index is 1220. The molecular formula is C25H27F2NO3S. The number of halogens is 2. The molecule has 4 nitrogen and oxygen atoms in total. The summed E-state index contributed by atoms with van der Waals surface area (Å²) < 4.78 is 57.3. The van der Waals surface area contributed by atoms with E-state index in [0.29, 0.717) is 17.9 Å². The first-order valence-corrected chi connectivity index (χ1v) is 12.4. The fraction of sp³-hybridized carbons (Fsp3) is 0.320. The summed E-state index contributed by atoms with van der Waals surface area (Å²) in [5, 5.41) is 0. The summed E-state index contributed by atoms with van der Waals surface area (Å²) in [7, 11) is -3.65. The Labute approximate surface area is 188 Å². The first-order chi connectivity index (χ1) is 15.1. The fourth-order valence-electron chi connectivity index (χ4n) is 3.74. The summed E-state index contributed by atoms with van der Waals surface area (Å²) in [5.41, 5.74) is 4.36. The topological polar surface area (TPSA) is 56.3 Å². The van der Waals surface area contributed by atoms with Crippen LogP contribution in [0.3, 0.4) is 0 Å². The lowest BCUT2D eigenvalue weighted by Crippen LogP contribution is -2.06. The summed E-state index contributed by atoms with van der Waals surface area (Å²) in [4.78, 5) is 3.91. The standard InChI is InChI=1S/C25H27F2NO3S/c1-5-20-21(16(2)3)14-19(26)15-22(20)18-8-10-28-25(13-18)31-11-9-17-6-7-23(27)24(12-17)32(4,29)30/h6-8,10,12-16H,5,9,11H2,1-4H3. The Morgan fingerprint density at radius 2 is 1.81 bits per heavy atom. The molecule has 2 aromatic carbocycles. The fourth-order valence-corrected chi connectivity index (χ4v) is 4.53. The average Bonchev–Trinajstić information content (AvgIpc) is 2.73. The molecule has 1 heterocycles. The molecule has 3 rings (SSSR count). The van der Waals surface area contributed by atoms with Gasteiger partial charge in [-0.25, -0.2) is 22.2 Å². The van der Waals surface area contributed by atoms with Gasteiger partial charge in [0, 0.05) is 24.9 Å².